The van der Waals surface area contributed by atoms with E-state index in [0.29, 0.717) is 5.56 Å². The number of oxime groups is 1. The largest absolute Gasteiger partial charge is 0.411 e. The molecule has 0 amide bonds. The number of nitrogens with zero attached hydrogens (tertiary/aromatic N) is 2. The van der Waals surface area contributed by atoms with Gasteiger partial charge in [0.2, 0.25) is 0 Å². The van der Waals surface area contributed by atoms with E-state index in [2.05, 4.69) is 44.0 Å². The Morgan fingerprint density at radius 2 is 2.11 bits per heavy atom. The molecule has 2 heterocycles. The Morgan fingerprint density at radius 1 is 1.48 bits per heavy atom. The van der Waals surface area contributed by atoms with E-state index >= 15 is 0 Å². The second-order valence-corrected chi connectivity index (χ2v) is 13.3. The predicted octanol–water partition coefficient (Wildman–Crippen LogP) is 1.35. The van der Waals surface area contributed by atoms with Gasteiger partial charge in [0, 0.05) is 18.2 Å². The van der Waals surface area contributed by atoms with Crippen molar-refractivity contribution in [1.82, 2.24) is 9.55 Å². The van der Waals surface area contributed by atoms with Crippen LogP contribution in [0.1, 0.15) is 39.0 Å². The maximum atomic E-state index is 12.2. The maximum Gasteiger partial charge on any atom is 0.330 e. The number of nitrogens with one attached hydrogen (secondary N) is 1. The second kappa shape index (κ2) is 7.34. The van der Waals surface area contributed by atoms with Gasteiger partial charge in [0.15, 0.2) is 13.9 Å². The highest BCUT2D eigenvalue weighted by Crippen LogP contribution is 2.43. The number of aliphatic hydroxyl groups is 1. The Labute approximate surface area is 158 Å². The van der Waals surface area contributed by atoms with Gasteiger partial charge in [0.1, 0.15) is 6.23 Å². The van der Waals surface area contributed by atoms with Gasteiger partial charge in [0.25, 0.3) is 5.56 Å². The van der Waals surface area contributed by atoms with Crippen LogP contribution in [-0.4, -0.2) is 52.7 Å². The molecule has 1 unspecified atom stereocenters. The predicted molar refractivity (Wildman–Crippen MR) is 103 cm³/mol. The summed E-state index contributed by atoms with van der Waals surface area (Å²) in [6.07, 6.45) is 1.37. The molecule has 1 saturated heterocycles. The molecule has 10 heteroatoms. The van der Waals surface area contributed by atoms with Crippen molar-refractivity contribution in [2.75, 3.05) is 6.61 Å². The van der Waals surface area contributed by atoms with Crippen LogP contribution >= 0.6 is 0 Å². The minimum atomic E-state index is -2.25. The first kappa shape index (κ1) is 21.5. The lowest BCUT2D eigenvalue weighted by Gasteiger charge is -2.41. The summed E-state index contributed by atoms with van der Waals surface area (Å²) in [6.45, 7) is 11.5. The molecule has 1 aromatic heterocycles. The molecule has 0 aliphatic carbocycles. The van der Waals surface area contributed by atoms with Gasteiger partial charge in [0.05, 0.1) is 18.9 Å². The van der Waals surface area contributed by atoms with Crippen molar-refractivity contribution in [3.63, 3.8) is 0 Å². The van der Waals surface area contributed by atoms with Gasteiger partial charge in [-0.2, -0.15) is 0 Å². The van der Waals surface area contributed by atoms with Gasteiger partial charge in [-0.05, 0) is 25.1 Å². The molecule has 152 valence electrons. The van der Waals surface area contributed by atoms with E-state index in [-0.39, 0.29) is 11.5 Å². The molecule has 27 heavy (non-hydrogen) atoms. The van der Waals surface area contributed by atoms with Gasteiger partial charge in [-0.1, -0.05) is 25.9 Å². The summed E-state index contributed by atoms with van der Waals surface area (Å²) < 4.78 is 13.6. The maximum absolute atomic E-state index is 12.2. The molecule has 9 nitrogen and oxygen atoms in total. The number of H-pyrrole nitrogens is 1. The van der Waals surface area contributed by atoms with Gasteiger partial charge in [-0.3, -0.25) is 14.3 Å². The number of aliphatic hydroxyl groups excluding tert-OH is 1. The van der Waals surface area contributed by atoms with Crippen molar-refractivity contribution >= 4 is 14.5 Å². The summed E-state index contributed by atoms with van der Waals surface area (Å²) in [5.41, 5.74) is -2.11. The number of aryl methyl sites for hydroxylation is 1. The first-order chi connectivity index (χ1) is 12.4. The van der Waals surface area contributed by atoms with Crippen LogP contribution in [0.5, 0.6) is 0 Å². The molecule has 0 aromatic carbocycles. The fourth-order valence-electron chi connectivity index (χ4n) is 2.80. The van der Waals surface area contributed by atoms with Crippen LogP contribution in [0, 0.1) is 6.92 Å². The Morgan fingerprint density at radius 3 is 2.63 bits per heavy atom. The highest BCUT2D eigenvalue weighted by atomic mass is 28.4. The minimum Gasteiger partial charge on any atom is -0.411 e. The van der Waals surface area contributed by atoms with Crippen molar-refractivity contribution < 1.29 is 19.5 Å². The van der Waals surface area contributed by atoms with Crippen molar-refractivity contribution in [1.29, 1.82) is 0 Å². The summed E-state index contributed by atoms with van der Waals surface area (Å²) >= 11 is 0. The third-order valence-electron chi connectivity index (χ3n) is 5.54. The zero-order valence-corrected chi connectivity index (χ0v) is 17.6. The van der Waals surface area contributed by atoms with E-state index in [4.69, 9.17) is 14.4 Å². The Balaban J connectivity index is 2.46. The molecule has 1 aromatic rings. The Kier molecular flexibility index (Phi) is 5.86. The molecule has 2 rings (SSSR count). The van der Waals surface area contributed by atoms with E-state index in [1.807, 2.05) is 0 Å². The summed E-state index contributed by atoms with van der Waals surface area (Å²) in [6, 6.07) is 0. The van der Waals surface area contributed by atoms with E-state index in [1.54, 1.807) is 6.92 Å². The summed E-state index contributed by atoms with van der Waals surface area (Å²) in [5.74, 6) is 0. The van der Waals surface area contributed by atoms with E-state index < -0.39 is 44.1 Å². The van der Waals surface area contributed by atoms with Crippen LogP contribution < -0.4 is 11.2 Å². The van der Waals surface area contributed by atoms with Crippen molar-refractivity contribution in [2.45, 2.75) is 70.2 Å². The molecule has 0 saturated carbocycles. The molecule has 0 spiro atoms. The fraction of sp³-hybridized carbons (Fsp3) is 0.706. The Bertz CT molecular complexity index is 825. The van der Waals surface area contributed by atoms with Gasteiger partial charge in [-0.15, -0.1) is 0 Å². The lowest BCUT2D eigenvalue weighted by atomic mass is 9.99. The molecule has 1 fully saturated rings. The number of ether oxygens (including phenoxy) is 1. The molecular formula is C17H29N3O6Si. The summed E-state index contributed by atoms with van der Waals surface area (Å²) in [7, 11) is -2.25. The highest BCUT2D eigenvalue weighted by Gasteiger charge is 2.53. The van der Waals surface area contributed by atoms with Crippen LogP contribution in [0.3, 0.4) is 0 Å². The number of aromatic nitrogens is 2. The van der Waals surface area contributed by atoms with Crippen molar-refractivity contribution in [3.8, 4) is 0 Å². The van der Waals surface area contributed by atoms with Crippen LogP contribution in [-0.2, 0) is 9.16 Å². The van der Waals surface area contributed by atoms with Gasteiger partial charge >= 0.3 is 5.69 Å². The van der Waals surface area contributed by atoms with Gasteiger partial charge in [-0.25, -0.2) is 4.79 Å². The molecule has 0 radical (unpaired) electrons. The van der Waals surface area contributed by atoms with Crippen LogP contribution in [0.2, 0.25) is 18.1 Å². The second-order valence-electron chi connectivity index (χ2n) is 8.51. The first-order valence-electron chi connectivity index (χ1n) is 8.84. The molecule has 1 aliphatic heterocycles. The summed E-state index contributed by atoms with van der Waals surface area (Å²) in [4.78, 5) is 26.1. The molecule has 3 N–H and O–H groups in total. The van der Waals surface area contributed by atoms with Crippen LogP contribution in [0.15, 0.2) is 20.9 Å². The van der Waals surface area contributed by atoms with Gasteiger partial charge < -0.3 is 19.5 Å². The quantitative estimate of drug-likeness (QED) is 0.297. The zero-order valence-electron chi connectivity index (χ0n) is 16.6. The third-order valence-corrected chi connectivity index (χ3v) is 10.0. The van der Waals surface area contributed by atoms with Crippen molar-refractivity contribution in [3.05, 3.63) is 32.6 Å². The Hall–Kier alpha value is -1.75. The molecule has 3 atom stereocenters. The third kappa shape index (κ3) is 4.08. The van der Waals surface area contributed by atoms with E-state index in [9.17, 15) is 14.7 Å². The normalized spacial score (nSPS) is 26.8. The lowest BCUT2D eigenvalue weighted by molar-refractivity contribution is -0.0802. The van der Waals surface area contributed by atoms with Crippen LogP contribution in [0.4, 0.5) is 0 Å². The summed E-state index contributed by atoms with van der Waals surface area (Å²) in [5, 5.41) is 22.1. The number of rotatable bonds is 5. The zero-order chi connectivity index (χ0) is 20.6. The monoisotopic (exact) mass is 399 g/mol. The molecule has 0 bridgehead atoms. The average molecular weight is 400 g/mol. The first-order valence-corrected chi connectivity index (χ1v) is 11.7. The molecular weight excluding hydrogens is 370 g/mol. The fourth-order valence-corrected chi connectivity index (χ4v) is 4.16. The topological polar surface area (TPSA) is 126 Å². The lowest BCUT2D eigenvalue weighted by Crippen LogP contribution is -2.53. The minimum absolute atomic E-state index is 0.0892. The van der Waals surface area contributed by atoms with E-state index in [1.165, 1.54) is 10.8 Å². The number of aromatic amines is 1. The van der Waals surface area contributed by atoms with E-state index in [0.717, 1.165) is 6.21 Å². The van der Waals surface area contributed by atoms with Crippen molar-refractivity contribution in [2.24, 2.45) is 5.16 Å². The number of hydrogen-bond donors (Lipinski definition) is 3. The smallest absolute Gasteiger partial charge is 0.330 e. The number of hydrogen-bond acceptors (Lipinski definition) is 7. The highest BCUT2D eigenvalue weighted by molar-refractivity contribution is 6.74. The van der Waals surface area contributed by atoms with Crippen LogP contribution in [0.25, 0.3) is 0 Å². The SMILES string of the molecule is Cc1cn([C@H]2CC(O[Si](C)(C)C(C)(C)C)[C@@](C=NO)(CO)O2)c(=O)[nH]c1=O. The molecule has 1 aliphatic rings. The average Bonchev–Trinajstić information content (AvgIpc) is 2.88. The standard InChI is InChI=1S/C17H29N3O6Si/c1-11-8-20(15(23)19-14(11)22)13-7-12(17(10-21,25-13)9-18-24)26-27(5,6)16(2,3)4/h8-9,12-13,21,24H,7,10H2,1-6H3,(H,19,22,23)/t12?,13-,17-/m1/s1.